The first kappa shape index (κ1) is 32.5. The van der Waals surface area contributed by atoms with Crippen LogP contribution in [0.2, 0.25) is 0 Å². The first-order chi connectivity index (χ1) is 23.9. The lowest BCUT2D eigenvalue weighted by atomic mass is 9.94. The minimum absolute atomic E-state index is 0.0110. The normalized spacial score (nSPS) is 11.5. The topological polar surface area (TPSA) is 66.9 Å². The quantitative estimate of drug-likeness (QED) is 0.144. The molecule has 0 amide bonds. The molecule has 0 unspecified atom stereocenters. The van der Waals surface area contributed by atoms with Crippen molar-refractivity contribution in [2.75, 3.05) is 28.4 Å². The summed E-state index contributed by atoms with van der Waals surface area (Å²) in [6, 6.07) is 31.0. The van der Waals surface area contributed by atoms with Crippen molar-refractivity contribution < 1.29 is 23.7 Å². The van der Waals surface area contributed by atoms with E-state index in [9.17, 15) is 0 Å². The molecule has 8 heteroatoms. The van der Waals surface area contributed by atoms with Gasteiger partial charge in [0.2, 0.25) is 0 Å². The fourth-order valence-electron chi connectivity index (χ4n) is 6.79. The molecule has 2 heterocycles. The van der Waals surface area contributed by atoms with Gasteiger partial charge in [0, 0.05) is 28.3 Å². The molecule has 49 heavy (non-hydrogen) atoms. The summed E-state index contributed by atoms with van der Waals surface area (Å²) in [4.78, 5) is 3.76. The van der Waals surface area contributed by atoms with Crippen LogP contribution in [0.5, 0.6) is 28.7 Å². The van der Waals surface area contributed by atoms with Crippen LogP contribution in [0, 0.1) is 0 Å². The third kappa shape index (κ3) is 5.74. The molecule has 7 aromatic rings. The van der Waals surface area contributed by atoms with Crippen molar-refractivity contribution in [1.29, 1.82) is 0 Å². The zero-order chi connectivity index (χ0) is 34.2. The van der Waals surface area contributed by atoms with Gasteiger partial charge in [-0.2, -0.15) is 0 Å². The zero-order valence-corrected chi connectivity index (χ0v) is 30.1. The third-order valence-corrected chi connectivity index (χ3v) is 9.87. The number of aryl methyl sites for hydroxylation is 2. The number of halogens is 1. The molecule has 0 aliphatic carbocycles. The van der Waals surface area contributed by atoms with E-state index in [0.29, 0.717) is 6.54 Å². The van der Waals surface area contributed by atoms with E-state index in [1.54, 1.807) is 28.4 Å². The number of H-pyrrole nitrogens is 1. The molecule has 7 rings (SSSR count). The Bertz CT molecular complexity index is 2270. The standard InChI is InChI=1S/C41H39BrN2O5/c1-24(2)49-32-9-7-8-31-35-36-33(26-12-18-29(46-4)19-13-26)41(42)44(23-22-25-10-16-28(45-3)17-11-25)39(36)34(27-14-20-30(47-5)21-15-27)40(48-6)38(35)43-37(31)32/h7-21,24,43H,22-23H2,1-6H3. The van der Waals surface area contributed by atoms with Crippen LogP contribution in [0.25, 0.3) is 55.0 Å². The Morgan fingerprint density at radius 3 is 1.78 bits per heavy atom. The molecule has 0 fully saturated rings. The van der Waals surface area contributed by atoms with Gasteiger partial charge in [0.1, 0.15) is 23.0 Å². The maximum atomic E-state index is 6.39. The number of nitrogens with one attached hydrogen (secondary N) is 1. The summed E-state index contributed by atoms with van der Waals surface area (Å²) in [6.45, 7) is 4.80. The number of aromatic amines is 1. The summed E-state index contributed by atoms with van der Waals surface area (Å²) in [6.07, 6.45) is 0.814. The van der Waals surface area contributed by atoms with Crippen LogP contribution >= 0.6 is 15.9 Å². The number of nitrogens with zero attached hydrogens (tertiary/aromatic N) is 1. The molecule has 5 aromatic carbocycles. The summed E-state index contributed by atoms with van der Waals surface area (Å²) in [5.41, 5.74) is 8.27. The SMILES string of the molecule is COc1ccc(CCn2c(Br)c(-c3ccc(OC)cc3)c3c4c([nH]c5c(OC(C)C)cccc54)c(OC)c(-c4ccc(OC)cc4)c32)cc1. The van der Waals surface area contributed by atoms with E-state index < -0.39 is 0 Å². The van der Waals surface area contributed by atoms with Gasteiger partial charge in [0.15, 0.2) is 5.75 Å². The van der Waals surface area contributed by atoms with Crippen LogP contribution in [0.3, 0.4) is 0 Å². The van der Waals surface area contributed by atoms with Gasteiger partial charge in [-0.15, -0.1) is 0 Å². The van der Waals surface area contributed by atoms with Crippen molar-refractivity contribution in [1.82, 2.24) is 9.55 Å². The number of aromatic nitrogens is 2. The molecule has 0 spiro atoms. The molecule has 0 aliphatic heterocycles. The Balaban J connectivity index is 1.62. The molecular weight excluding hydrogens is 680 g/mol. The lowest BCUT2D eigenvalue weighted by Crippen LogP contribution is -2.05. The van der Waals surface area contributed by atoms with Gasteiger partial charge in [-0.25, -0.2) is 0 Å². The number of benzene rings is 5. The van der Waals surface area contributed by atoms with Crippen molar-refractivity contribution >= 4 is 48.6 Å². The highest BCUT2D eigenvalue weighted by molar-refractivity contribution is 9.10. The van der Waals surface area contributed by atoms with E-state index in [2.05, 4.69) is 74.0 Å². The second kappa shape index (κ2) is 13.4. The fourth-order valence-corrected chi connectivity index (χ4v) is 7.57. The lowest BCUT2D eigenvalue weighted by molar-refractivity contribution is 0.245. The predicted octanol–water partition coefficient (Wildman–Crippen LogP) is 10.4. The molecule has 250 valence electrons. The highest BCUT2D eigenvalue weighted by Gasteiger charge is 2.29. The number of hydrogen-bond acceptors (Lipinski definition) is 5. The van der Waals surface area contributed by atoms with Gasteiger partial charge >= 0.3 is 0 Å². The maximum absolute atomic E-state index is 6.39. The van der Waals surface area contributed by atoms with Crippen molar-refractivity contribution in [2.24, 2.45) is 0 Å². The van der Waals surface area contributed by atoms with Crippen LogP contribution in [-0.4, -0.2) is 44.1 Å². The first-order valence-electron chi connectivity index (χ1n) is 16.3. The Labute approximate surface area is 294 Å². The van der Waals surface area contributed by atoms with E-state index in [-0.39, 0.29) is 6.10 Å². The minimum atomic E-state index is 0.0110. The summed E-state index contributed by atoms with van der Waals surface area (Å²) in [7, 11) is 6.81. The molecular formula is C41H39BrN2O5. The van der Waals surface area contributed by atoms with Crippen molar-refractivity contribution in [2.45, 2.75) is 32.9 Å². The van der Waals surface area contributed by atoms with Crippen molar-refractivity contribution in [3.05, 3.63) is 101 Å². The number of fused-ring (bicyclic) bond motifs is 5. The second-order valence-electron chi connectivity index (χ2n) is 12.2. The minimum Gasteiger partial charge on any atom is -0.497 e. The number of ether oxygens (including phenoxy) is 5. The van der Waals surface area contributed by atoms with Crippen LogP contribution < -0.4 is 23.7 Å². The van der Waals surface area contributed by atoms with Crippen LogP contribution in [-0.2, 0) is 13.0 Å². The molecule has 0 aliphatic rings. The number of para-hydroxylation sites is 1. The molecule has 7 nitrogen and oxygen atoms in total. The summed E-state index contributed by atoms with van der Waals surface area (Å²) < 4.78 is 32.6. The molecule has 0 radical (unpaired) electrons. The van der Waals surface area contributed by atoms with Crippen molar-refractivity contribution in [3.63, 3.8) is 0 Å². The Morgan fingerprint density at radius 1 is 0.653 bits per heavy atom. The van der Waals surface area contributed by atoms with Gasteiger partial charge in [0.25, 0.3) is 0 Å². The van der Waals surface area contributed by atoms with E-state index in [4.69, 9.17) is 23.7 Å². The monoisotopic (exact) mass is 718 g/mol. The van der Waals surface area contributed by atoms with Gasteiger partial charge in [-0.05, 0) is 95.4 Å². The highest BCUT2D eigenvalue weighted by atomic mass is 79.9. The highest BCUT2D eigenvalue weighted by Crippen LogP contribution is 2.53. The zero-order valence-electron chi connectivity index (χ0n) is 28.5. The van der Waals surface area contributed by atoms with Gasteiger partial charge in [-0.1, -0.05) is 48.5 Å². The van der Waals surface area contributed by atoms with E-state index >= 15 is 0 Å². The summed E-state index contributed by atoms with van der Waals surface area (Å²) >= 11 is 4.14. The molecule has 0 saturated heterocycles. The molecule has 0 bridgehead atoms. The molecule has 1 N–H and O–H groups in total. The van der Waals surface area contributed by atoms with Crippen LogP contribution in [0.4, 0.5) is 0 Å². The molecule has 2 aromatic heterocycles. The number of methoxy groups -OCH3 is 4. The van der Waals surface area contributed by atoms with E-state index in [1.165, 1.54) is 5.56 Å². The van der Waals surface area contributed by atoms with Crippen molar-refractivity contribution in [3.8, 4) is 51.0 Å². The molecule has 0 atom stereocenters. The van der Waals surface area contributed by atoms with Crippen LogP contribution in [0.15, 0.2) is 95.6 Å². The van der Waals surface area contributed by atoms with Gasteiger partial charge < -0.3 is 33.2 Å². The smallest absolute Gasteiger partial charge is 0.152 e. The predicted molar refractivity (Wildman–Crippen MR) is 202 cm³/mol. The lowest BCUT2D eigenvalue weighted by Gasteiger charge is -2.17. The third-order valence-electron chi connectivity index (χ3n) is 9.04. The fraction of sp³-hybridized carbons (Fsp3) is 0.220. The summed E-state index contributed by atoms with van der Waals surface area (Å²) in [5.74, 6) is 3.99. The van der Waals surface area contributed by atoms with E-state index in [0.717, 1.165) is 94.7 Å². The largest absolute Gasteiger partial charge is 0.497 e. The maximum Gasteiger partial charge on any atom is 0.152 e. The average molecular weight is 720 g/mol. The Kier molecular flexibility index (Phi) is 8.90. The number of rotatable bonds is 11. The second-order valence-corrected chi connectivity index (χ2v) is 13.0. The van der Waals surface area contributed by atoms with Gasteiger partial charge in [0.05, 0.1) is 61.3 Å². The summed E-state index contributed by atoms with van der Waals surface area (Å²) in [5, 5.41) is 3.25. The Hall–Kier alpha value is -5.08. The van der Waals surface area contributed by atoms with E-state index in [1.807, 2.05) is 56.3 Å². The Morgan fingerprint density at radius 2 is 1.22 bits per heavy atom. The van der Waals surface area contributed by atoms with Gasteiger partial charge in [-0.3, -0.25) is 0 Å². The van der Waals surface area contributed by atoms with Crippen LogP contribution in [0.1, 0.15) is 19.4 Å². The number of hydrogen-bond donors (Lipinski definition) is 1. The first-order valence-corrected chi connectivity index (χ1v) is 17.1. The average Bonchev–Trinajstić information content (AvgIpc) is 3.65. The molecule has 0 saturated carbocycles.